The molecule has 30 heavy (non-hydrogen) atoms. The number of para-hydroxylation sites is 1. The summed E-state index contributed by atoms with van der Waals surface area (Å²) in [5.41, 5.74) is 10.9. The van der Waals surface area contributed by atoms with E-state index in [2.05, 4.69) is 42.5 Å². The Labute approximate surface area is 175 Å². The lowest BCUT2D eigenvalue weighted by atomic mass is 9.96. The van der Waals surface area contributed by atoms with Crippen molar-refractivity contribution >= 4 is 16.7 Å². The van der Waals surface area contributed by atoms with E-state index in [1.807, 2.05) is 36.4 Å². The molecular weight excluding hydrogens is 374 g/mol. The zero-order chi connectivity index (χ0) is 20.9. The molecule has 4 nitrogen and oxygen atoms in total. The number of carbonyl (C=O) groups is 1. The van der Waals surface area contributed by atoms with E-state index in [1.54, 1.807) is 6.07 Å². The first-order chi connectivity index (χ1) is 14.6. The highest BCUT2D eigenvalue weighted by molar-refractivity contribution is 5.97. The van der Waals surface area contributed by atoms with Gasteiger partial charge in [0.05, 0.1) is 6.42 Å². The van der Waals surface area contributed by atoms with Crippen molar-refractivity contribution in [2.45, 2.75) is 19.6 Å². The normalized spacial score (nSPS) is 10.8. The highest BCUT2D eigenvalue weighted by Gasteiger charge is 2.09. The molecule has 0 aliphatic rings. The van der Waals surface area contributed by atoms with Crippen LogP contribution in [0.5, 0.6) is 5.75 Å². The van der Waals surface area contributed by atoms with Gasteiger partial charge in [-0.1, -0.05) is 66.7 Å². The summed E-state index contributed by atoms with van der Waals surface area (Å²) in [5, 5.41) is 11.4. The summed E-state index contributed by atoms with van der Waals surface area (Å²) in [6.45, 7) is 0.872. The second-order valence-electron chi connectivity index (χ2n) is 7.23. The van der Waals surface area contributed by atoms with Crippen LogP contribution in [0.3, 0.4) is 0 Å². The molecule has 0 aliphatic carbocycles. The van der Waals surface area contributed by atoms with Gasteiger partial charge in [0.2, 0.25) is 0 Å². The molecule has 0 aliphatic heterocycles. The van der Waals surface area contributed by atoms with Gasteiger partial charge in [0.25, 0.3) is 0 Å². The van der Waals surface area contributed by atoms with Gasteiger partial charge in [-0.25, -0.2) is 0 Å². The van der Waals surface area contributed by atoms with Gasteiger partial charge in [0.15, 0.2) is 0 Å². The molecule has 150 valence electrons. The number of rotatable bonds is 7. The summed E-state index contributed by atoms with van der Waals surface area (Å²) >= 11 is 0. The first-order valence-corrected chi connectivity index (χ1v) is 9.87. The van der Waals surface area contributed by atoms with Crippen LogP contribution in [0.2, 0.25) is 0 Å². The zero-order valence-electron chi connectivity index (χ0n) is 16.5. The Morgan fingerprint density at radius 3 is 2.53 bits per heavy atom. The number of nitrogens with two attached hydrogens (primary N) is 1. The van der Waals surface area contributed by atoms with Gasteiger partial charge in [0.1, 0.15) is 12.4 Å². The molecule has 0 amide bonds. The van der Waals surface area contributed by atoms with E-state index in [-0.39, 0.29) is 6.42 Å². The van der Waals surface area contributed by atoms with Crippen molar-refractivity contribution < 1.29 is 14.6 Å². The van der Waals surface area contributed by atoms with Crippen LogP contribution in [0, 0.1) is 0 Å². The van der Waals surface area contributed by atoms with Gasteiger partial charge in [-0.05, 0) is 51.2 Å². The van der Waals surface area contributed by atoms with Crippen LogP contribution in [0.15, 0.2) is 84.9 Å². The summed E-state index contributed by atoms with van der Waals surface area (Å²) in [7, 11) is 0. The third-order valence-electron chi connectivity index (χ3n) is 5.13. The van der Waals surface area contributed by atoms with Crippen molar-refractivity contribution in [3.05, 3.63) is 102 Å². The second kappa shape index (κ2) is 8.80. The Morgan fingerprint density at radius 2 is 1.70 bits per heavy atom. The van der Waals surface area contributed by atoms with Crippen LogP contribution in [0.25, 0.3) is 21.9 Å². The fourth-order valence-electron chi connectivity index (χ4n) is 3.64. The van der Waals surface area contributed by atoms with Crippen LogP contribution < -0.4 is 10.5 Å². The van der Waals surface area contributed by atoms with Crippen molar-refractivity contribution in [2.24, 2.45) is 5.73 Å². The Balaban J connectivity index is 1.65. The first-order valence-electron chi connectivity index (χ1n) is 9.87. The quantitative estimate of drug-likeness (QED) is 0.451. The molecule has 0 saturated heterocycles. The van der Waals surface area contributed by atoms with Crippen LogP contribution in [0.4, 0.5) is 0 Å². The molecule has 0 unspecified atom stereocenters. The molecule has 0 heterocycles. The smallest absolute Gasteiger partial charge is 0.307 e. The van der Waals surface area contributed by atoms with E-state index < -0.39 is 5.97 Å². The maximum Gasteiger partial charge on any atom is 0.307 e. The lowest BCUT2D eigenvalue weighted by Gasteiger charge is -2.13. The molecule has 4 aromatic carbocycles. The van der Waals surface area contributed by atoms with E-state index in [0.717, 1.165) is 33.0 Å². The van der Waals surface area contributed by atoms with Crippen LogP contribution >= 0.6 is 0 Å². The molecule has 0 spiro atoms. The maximum atomic E-state index is 11.1. The fraction of sp³-hybridized carbons (Fsp3) is 0.115. The predicted octanol–water partition coefficient (Wildman–Crippen LogP) is 5.17. The highest BCUT2D eigenvalue weighted by Crippen LogP contribution is 2.30. The standard InChI is InChI=1S/C26H23NO3/c27-16-18-5-3-8-21(13-18)23-9-4-7-20-12-11-19(14-24(20)23)17-30-25-10-2-1-6-22(25)15-26(28)29/h1-14H,15-17,27H2,(H,28,29). The Kier molecular flexibility index (Phi) is 5.77. The lowest BCUT2D eigenvalue weighted by molar-refractivity contribution is -0.136. The van der Waals surface area contributed by atoms with Crippen LogP contribution in [0.1, 0.15) is 16.7 Å². The van der Waals surface area contributed by atoms with Gasteiger partial charge in [0, 0.05) is 12.1 Å². The number of hydrogen-bond acceptors (Lipinski definition) is 3. The molecule has 0 saturated carbocycles. The van der Waals surface area contributed by atoms with Crippen molar-refractivity contribution in [3.63, 3.8) is 0 Å². The van der Waals surface area contributed by atoms with E-state index >= 15 is 0 Å². The third-order valence-corrected chi connectivity index (χ3v) is 5.13. The number of fused-ring (bicyclic) bond motifs is 1. The second-order valence-corrected chi connectivity index (χ2v) is 7.23. The highest BCUT2D eigenvalue weighted by atomic mass is 16.5. The molecule has 4 heteroatoms. The topological polar surface area (TPSA) is 72.5 Å². The zero-order valence-corrected chi connectivity index (χ0v) is 16.5. The summed E-state index contributed by atoms with van der Waals surface area (Å²) < 4.78 is 5.98. The third kappa shape index (κ3) is 4.34. The van der Waals surface area contributed by atoms with Gasteiger partial charge >= 0.3 is 5.97 Å². The number of carboxylic acids is 1. The molecule has 0 fully saturated rings. The Morgan fingerprint density at radius 1 is 0.867 bits per heavy atom. The fourth-order valence-corrected chi connectivity index (χ4v) is 3.64. The first kappa shape index (κ1) is 19.7. The Hall–Kier alpha value is -3.63. The van der Waals surface area contributed by atoms with Crippen molar-refractivity contribution in [3.8, 4) is 16.9 Å². The number of ether oxygens (including phenoxy) is 1. The minimum Gasteiger partial charge on any atom is -0.489 e. The monoisotopic (exact) mass is 397 g/mol. The molecule has 3 N–H and O–H groups in total. The van der Waals surface area contributed by atoms with Crippen LogP contribution in [-0.2, 0) is 24.4 Å². The number of hydrogen-bond donors (Lipinski definition) is 2. The minimum atomic E-state index is -0.874. The summed E-state index contributed by atoms with van der Waals surface area (Å²) in [5.74, 6) is -0.273. The average molecular weight is 397 g/mol. The van der Waals surface area contributed by atoms with E-state index in [9.17, 15) is 4.79 Å². The molecule has 0 atom stereocenters. The number of carboxylic acid groups (broad SMARTS) is 1. The van der Waals surface area contributed by atoms with Gasteiger partial charge in [-0.3, -0.25) is 4.79 Å². The van der Waals surface area contributed by atoms with E-state index in [0.29, 0.717) is 24.5 Å². The van der Waals surface area contributed by atoms with Gasteiger partial charge < -0.3 is 15.6 Å². The molecule has 0 aromatic heterocycles. The summed E-state index contributed by atoms with van der Waals surface area (Å²) in [6.07, 6.45) is -0.0600. The lowest BCUT2D eigenvalue weighted by Crippen LogP contribution is -2.04. The molecular formula is C26H23NO3. The Bertz CT molecular complexity index is 1200. The predicted molar refractivity (Wildman–Crippen MR) is 119 cm³/mol. The van der Waals surface area contributed by atoms with Gasteiger partial charge in [-0.2, -0.15) is 0 Å². The molecule has 0 radical (unpaired) electrons. The van der Waals surface area contributed by atoms with Crippen LogP contribution in [-0.4, -0.2) is 11.1 Å². The number of benzene rings is 4. The number of aliphatic carboxylic acids is 1. The molecule has 4 rings (SSSR count). The van der Waals surface area contributed by atoms with Crippen molar-refractivity contribution in [1.29, 1.82) is 0 Å². The van der Waals surface area contributed by atoms with E-state index in [1.165, 1.54) is 0 Å². The van der Waals surface area contributed by atoms with Gasteiger partial charge in [-0.15, -0.1) is 0 Å². The molecule has 0 bridgehead atoms. The van der Waals surface area contributed by atoms with E-state index in [4.69, 9.17) is 15.6 Å². The minimum absolute atomic E-state index is 0.0600. The average Bonchev–Trinajstić information content (AvgIpc) is 2.77. The summed E-state index contributed by atoms with van der Waals surface area (Å²) in [4.78, 5) is 11.1. The van der Waals surface area contributed by atoms with Crippen molar-refractivity contribution in [2.75, 3.05) is 0 Å². The largest absolute Gasteiger partial charge is 0.489 e. The van der Waals surface area contributed by atoms with Crippen molar-refractivity contribution in [1.82, 2.24) is 0 Å². The summed E-state index contributed by atoms with van der Waals surface area (Å²) in [6, 6.07) is 28.1. The maximum absolute atomic E-state index is 11.1. The SMILES string of the molecule is NCc1cccc(-c2cccc3ccc(COc4ccccc4CC(=O)O)cc23)c1. The molecule has 4 aromatic rings.